The largest absolute Gasteiger partial charge is 0.310 e. The summed E-state index contributed by atoms with van der Waals surface area (Å²) in [7, 11) is 0. The highest BCUT2D eigenvalue weighted by atomic mass is 15.1. The Labute approximate surface area is 98.0 Å². The second-order valence-electron chi connectivity index (χ2n) is 5.27. The van der Waals surface area contributed by atoms with Gasteiger partial charge >= 0.3 is 0 Å². The summed E-state index contributed by atoms with van der Waals surface area (Å²) in [6.45, 7) is 7.78. The van der Waals surface area contributed by atoms with E-state index in [9.17, 15) is 0 Å². The van der Waals surface area contributed by atoms with Gasteiger partial charge < -0.3 is 5.32 Å². The molecule has 3 heteroatoms. The number of nitrogens with one attached hydrogen (secondary N) is 2. The average Bonchev–Trinajstić information content (AvgIpc) is 2.67. The Morgan fingerprint density at radius 2 is 2.25 bits per heavy atom. The molecule has 1 aliphatic rings. The van der Waals surface area contributed by atoms with Gasteiger partial charge in [-0.2, -0.15) is 5.10 Å². The second-order valence-corrected chi connectivity index (χ2v) is 5.27. The molecule has 0 radical (unpaired) electrons. The summed E-state index contributed by atoms with van der Waals surface area (Å²) < 4.78 is 0. The van der Waals surface area contributed by atoms with Crippen LogP contribution >= 0.6 is 0 Å². The number of H-pyrrole nitrogens is 1. The highest BCUT2D eigenvalue weighted by Crippen LogP contribution is 2.29. The number of aromatic amines is 1. The van der Waals surface area contributed by atoms with Crippen molar-refractivity contribution in [1.29, 1.82) is 0 Å². The minimum Gasteiger partial charge on any atom is -0.310 e. The van der Waals surface area contributed by atoms with Gasteiger partial charge in [0.2, 0.25) is 0 Å². The first kappa shape index (κ1) is 11.6. The summed E-state index contributed by atoms with van der Waals surface area (Å²) in [6, 6.07) is 0.679. The summed E-state index contributed by atoms with van der Waals surface area (Å²) >= 11 is 0. The minimum absolute atomic E-state index is 0.679. The SMILES string of the molecule is Cc1[nH]ncc1CN[C@@H]1CCC[C@H](C)[C@H]1C. The van der Waals surface area contributed by atoms with E-state index in [2.05, 4.69) is 36.3 Å². The maximum absolute atomic E-state index is 4.05. The standard InChI is InChI=1S/C13H23N3/c1-9-5-4-6-13(10(9)2)14-7-12-8-15-16-11(12)3/h8-10,13-14H,4-7H2,1-3H3,(H,15,16)/t9-,10+,13+/m0/s1. The number of nitrogens with zero attached hydrogens (tertiary/aromatic N) is 1. The fraction of sp³-hybridized carbons (Fsp3) is 0.769. The van der Waals surface area contributed by atoms with Gasteiger partial charge in [0.1, 0.15) is 0 Å². The van der Waals surface area contributed by atoms with E-state index in [1.165, 1.54) is 30.5 Å². The van der Waals surface area contributed by atoms with Gasteiger partial charge in [0, 0.05) is 23.8 Å². The van der Waals surface area contributed by atoms with E-state index in [-0.39, 0.29) is 0 Å². The van der Waals surface area contributed by atoms with E-state index in [0.717, 1.165) is 18.4 Å². The normalized spacial score (nSPS) is 30.6. The molecule has 1 saturated carbocycles. The first-order valence-electron chi connectivity index (χ1n) is 6.40. The topological polar surface area (TPSA) is 40.7 Å². The Balaban J connectivity index is 1.88. The van der Waals surface area contributed by atoms with Gasteiger partial charge in [0.05, 0.1) is 6.20 Å². The first-order chi connectivity index (χ1) is 7.68. The van der Waals surface area contributed by atoms with Crippen LogP contribution < -0.4 is 5.32 Å². The minimum atomic E-state index is 0.679. The molecule has 90 valence electrons. The number of rotatable bonds is 3. The van der Waals surface area contributed by atoms with Crippen LogP contribution in [0.4, 0.5) is 0 Å². The second kappa shape index (κ2) is 5.00. The quantitative estimate of drug-likeness (QED) is 0.823. The van der Waals surface area contributed by atoms with E-state index in [1.807, 2.05) is 6.20 Å². The van der Waals surface area contributed by atoms with Gasteiger partial charge in [-0.15, -0.1) is 0 Å². The Morgan fingerprint density at radius 1 is 1.44 bits per heavy atom. The molecule has 0 aliphatic heterocycles. The zero-order valence-electron chi connectivity index (χ0n) is 10.6. The molecular formula is C13H23N3. The van der Waals surface area contributed by atoms with Crippen LogP contribution in [-0.4, -0.2) is 16.2 Å². The molecule has 0 aromatic carbocycles. The van der Waals surface area contributed by atoms with Crippen LogP contribution in [0.1, 0.15) is 44.4 Å². The number of aryl methyl sites for hydroxylation is 1. The van der Waals surface area contributed by atoms with Crippen molar-refractivity contribution in [3.63, 3.8) is 0 Å². The van der Waals surface area contributed by atoms with Gasteiger partial charge in [-0.05, 0) is 25.2 Å². The number of aromatic nitrogens is 2. The fourth-order valence-corrected chi connectivity index (χ4v) is 2.66. The third kappa shape index (κ3) is 2.46. The number of hydrogen-bond acceptors (Lipinski definition) is 2. The highest BCUT2D eigenvalue weighted by Gasteiger charge is 2.26. The van der Waals surface area contributed by atoms with Crippen LogP contribution in [0.3, 0.4) is 0 Å². The van der Waals surface area contributed by atoms with Crippen molar-refractivity contribution < 1.29 is 0 Å². The first-order valence-corrected chi connectivity index (χ1v) is 6.40. The molecule has 0 unspecified atom stereocenters. The third-order valence-electron chi connectivity index (χ3n) is 4.20. The van der Waals surface area contributed by atoms with Crippen LogP contribution in [0, 0.1) is 18.8 Å². The van der Waals surface area contributed by atoms with Crippen LogP contribution in [0.5, 0.6) is 0 Å². The van der Waals surface area contributed by atoms with Crippen molar-refractivity contribution in [1.82, 2.24) is 15.5 Å². The van der Waals surface area contributed by atoms with Crippen molar-refractivity contribution in [2.75, 3.05) is 0 Å². The van der Waals surface area contributed by atoms with Gasteiger partial charge in [0.25, 0.3) is 0 Å². The van der Waals surface area contributed by atoms with Gasteiger partial charge in [-0.1, -0.05) is 26.7 Å². The third-order valence-corrected chi connectivity index (χ3v) is 4.20. The molecule has 1 aromatic rings. The summed E-state index contributed by atoms with van der Waals surface area (Å²) in [5.41, 5.74) is 2.48. The molecule has 0 bridgehead atoms. The van der Waals surface area contributed by atoms with E-state index in [0.29, 0.717) is 6.04 Å². The number of hydrogen-bond donors (Lipinski definition) is 2. The van der Waals surface area contributed by atoms with Gasteiger partial charge in [-0.25, -0.2) is 0 Å². The lowest BCUT2D eigenvalue weighted by atomic mass is 9.78. The smallest absolute Gasteiger partial charge is 0.0535 e. The molecule has 1 fully saturated rings. The maximum Gasteiger partial charge on any atom is 0.0535 e. The summed E-state index contributed by atoms with van der Waals surface area (Å²) in [4.78, 5) is 0. The molecule has 1 aliphatic carbocycles. The Bertz CT molecular complexity index is 332. The Kier molecular flexibility index (Phi) is 3.64. The molecule has 0 saturated heterocycles. The molecule has 16 heavy (non-hydrogen) atoms. The van der Waals surface area contributed by atoms with Gasteiger partial charge in [-0.3, -0.25) is 5.10 Å². The highest BCUT2D eigenvalue weighted by molar-refractivity contribution is 5.14. The fourth-order valence-electron chi connectivity index (χ4n) is 2.66. The molecule has 1 heterocycles. The van der Waals surface area contributed by atoms with Crippen LogP contribution in [0.25, 0.3) is 0 Å². The van der Waals surface area contributed by atoms with E-state index < -0.39 is 0 Å². The summed E-state index contributed by atoms with van der Waals surface area (Å²) in [5, 5.41) is 10.7. The Morgan fingerprint density at radius 3 is 2.94 bits per heavy atom. The average molecular weight is 221 g/mol. The van der Waals surface area contributed by atoms with Crippen molar-refractivity contribution in [2.24, 2.45) is 11.8 Å². The molecule has 2 N–H and O–H groups in total. The van der Waals surface area contributed by atoms with Crippen molar-refractivity contribution in [3.8, 4) is 0 Å². The molecule has 3 nitrogen and oxygen atoms in total. The van der Waals surface area contributed by atoms with Crippen molar-refractivity contribution >= 4 is 0 Å². The predicted molar refractivity (Wildman–Crippen MR) is 66.1 cm³/mol. The summed E-state index contributed by atoms with van der Waals surface area (Å²) in [5.74, 6) is 1.65. The zero-order valence-corrected chi connectivity index (χ0v) is 10.6. The van der Waals surface area contributed by atoms with Crippen molar-refractivity contribution in [2.45, 2.75) is 52.6 Å². The predicted octanol–water partition coefficient (Wildman–Crippen LogP) is 2.63. The van der Waals surface area contributed by atoms with Crippen molar-refractivity contribution in [3.05, 3.63) is 17.5 Å². The van der Waals surface area contributed by atoms with Crippen LogP contribution in [0.2, 0.25) is 0 Å². The van der Waals surface area contributed by atoms with E-state index in [4.69, 9.17) is 0 Å². The summed E-state index contributed by atoms with van der Waals surface area (Å²) in [6.07, 6.45) is 6.01. The Hall–Kier alpha value is -0.830. The van der Waals surface area contributed by atoms with Gasteiger partial charge in [0.15, 0.2) is 0 Å². The monoisotopic (exact) mass is 221 g/mol. The maximum atomic E-state index is 4.05. The lowest BCUT2D eigenvalue weighted by molar-refractivity contribution is 0.206. The molecule has 2 rings (SSSR count). The molecular weight excluding hydrogens is 198 g/mol. The lowest BCUT2D eigenvalue weighted by Crippen LogP contribution is -2.40. The van der Waals surface area contributed by atoms with E-state index in [1.54, 1.807) is 0 Å². The molecule has 3 atom stereocenters. The molecule has 0 amide bonds. The van der Waals surface area contributed by atoms with E-state index >= 15 is 0 Å². The zero-order chi connectivity index (χ0) is 11.5. The molecule has 1 aromatic heterocycles. The van der Waals surface area contributed by atoms with Crippen LogP contribution in [-0.2, 0) is 6.54 Å². The molecule has 0 spiro atoms. The van der Waals surface area contributed by atoms with Crippen LogP contribution in [0.15, 0.2) is 6.20 Å². The lowest BCUT2D eigenvalue weighted by Gasteiger charge is -2.34.